The second kappa shape index (κ2) is 9.66. The predicted octanol–water partition coefficient (Wildman–Crippen LogP) is 2.69. The standard InChI is InChI=1S/C20H34N4O/c1-15(16-8-10-18(25-5)11-9-16)12-13-22-20(21-2)23-14-19(24(3)4)17-6-7-17/h8-11,15,17,19H,6-7,12-14H2,1-5H3,(H2,21,22,23). The minimum absolute atomic E-state index is 0.498. The van der Waals surface area contributed by atoms with Gasteiger partial charge >= 0.3 is 0 Å². The highest BCUT2D eigenvalue weighted by atomic mass is 16.5. The van der Waals surface area contributed by atoms with E-state index >= 15 is 0 Å². The lowest BCUT2D eigenvalue weighted by molar-refractivity contribution is 0.264. The third kappa shape index (κ3) is 6.24. The number of benzene rings is 1. The van der Waals surface area contributed by atoms with E-state index in [0.29, 0.717) is 12.0 Å². The first-order valence-electron chi connectivity index (χ1n) is 9.30. The number of hydrogen-bond donors (Lipinski definition) is 2. The number of likely N-dealkylation sites (N-methyl/N-ethyl adjacent to an activating group) is 1. The van der Waals surface area contributed by atoms with Crippen molar-refractivity contribution >= 4 is 5.96 Å². The predicted molar refractivity (Wildman–Crippen MR) is 106 cm³/mol. The van der Waals surface area contributed by atoms with E-state index in [1.165, 1.54) is 18.4 Å². The average molecular weight is 347 g/mol. The van der Waals surface area contributed by atoms with Gasteiger partial charge in [0.2, 0.25) is 0 Å². The van der Waals surface area contributed by atoms with Crippen molar-refractivity contribution in [3.63, 3.8) is 0 Å². The van der Waals surface area contributed by atoms with Crippen LogP contribution >= 0.6 is 0 Å². The molecule has 0 amide bonds. The maximum Gasteiger partial charge on any atom is 0.191 e. The van der Waals surface area contributed by atoms with Gasteiger partial charge in [-0.05, 0) is 62.9 Å². The quantitative estimate of drug-likeness (QED) is 0.533. The molecule has 5 heteroatoms. The highest BCUT2D eigenvalue weighted by Gasteiger charge is 2.32. The molecule has 1 aromatic carbocycles. The van der Waals surface area contributed by atoms with Crippen LogP contribution in [0, 0.1) is 5.92 Å². The molecule has 0 radical (unpaired) electrons. The highest BCUT2D eigenvalue weighted by Crippen LogP contribution is 2.34. The largest absolute Gasteiger partial charge is 0.497 e. The summed E-state index contributed by atoms with van der Waals surface area (Å²) >= 11 is 0. The molecular weight excluding hydrogens is 312 g/mol. The molecule has 1 fully saturated rings. The van der Waals surface area contributed by atoms with Crippen LogP contribution in [0.2, 0.25) is 0 Å². The maximum absolute atomic E-state index is 5.22. The molecule has 0 heterocycles. The molecular formula is C20H34N4O. The molecule has 25 heavy (non-hydrogen) atoms. The monoisotopic (exact) mass is 346 g/mol. The van der Waals surface area contributed by atoms with Crippen LogP contribution in [0.5, 0.6) is 5.75 Å². The molecule has 1 aromatic rings. The Balaban J connectivity index is 1.72. The van der Waals surface area contributed by atoms with Gasteiger partial charge in [-0.3, -0.25) is 4.99 Å². The summed E-state index contributed by atoms with van der Waals surface area (Å²) in [5.74, 6) is 3.15. The molecule has 1 aliphatic rings. The molecule has 2 unspecified atom stereocenters. The fraction of sp³-hybridized carbons (Fsp3) is 0.650. The first-order valence-corrected chi connectivity index (χ1v) is 9.30. The summed E-state index contributed by atoms with van der Waals surface area (Å²) < 4.78 is 5.22. The molecule has 1 saturated carbocycles. The van der Waals surface area contributed by atoms with E-state index in [0.717, 1.165) is 37.1 Å². The summed E-state index contributed by atoms with van der Waals surface area (Å²) in [4.78, 5) is 6.67. The third-order valence-electron chi connectivity index (χ3n) is 5.09. The Kier molecular flexibility index (Phi) is 7.56. The smallest absolute Gasteiger partial charge is 0.191 e. The lowest BCUT2D eigenvalue weighted by Gasteiger charge is -2.25. The Labute approximate surface area is 152 Å². The summed E-state index contributed by atoms with van der Waals surface area (Å²) in [7, 11) is 7.86. The van der Waals surface area contributed by atoms with Crippen LogP contribution < -0.4 is 15.4 Å². The van der Waals surface area contributed by atoms with Crippen molar-refractivity contribution in [3.05, 3.63) is 29.8 Å². The van der Waals surface area contributed by atoms with Crippen LogP contribution in [-0.2, 0) is 0 Å². The fourth-order valence-electron chi connectivity index (χ4n) is 3.18. The molecule has 0 saturated heterocycles. The van der Waals surface area contributed by atoms with Gasteiger partial charge in [-0.15, -0.1) is 0 Å². The minimum atomic E-state index is 0.498. The highest BCUT2D eigenvalue weighted by molar-refractivity contribution is 5.79. The molecule has 1 aliphatic carbocycles. The molecule has 0 aliphatic heterocycles. The number of nitrogens with one attached hydrogen (secondary N) is 2. The number of nitrogens with zero attached hydrogens (tertiary/aromatic N) is 2. The van der Waals surface area contributed by atoms with Crippen LogP contribution in [0.1, 0.15) is 37.7 Å². The van der Waals surface area contributed by atoms with Crippen LogP contribution in [0.4, 0.5) is 0 Å². The van der Waals surface area contributed by atoms with E-state index in [2.05, 4.69) is 53.7 Å². The SMILES string of the molecule is CN=C(NCCC(C)c1ccc(OC)cc1)NCC(C1CC1)N(C)C. The maximum atomic E-state index is 5.22. The third-order valence-corrected chi connectivity index (χ3v) is 5.09. The molecule has 0 spiro atoms. The van der Waals surface area contributed by atoms with Gasteiger partial charge in [0.15, 0.2) is 5.96 Å². The van der Waals surface area contributed by atoms with E-state index in [-0.39, 0.29) is 0 Å². The number of rotatable bonds is 9. The van der Waals surface area contributed by atoms with Crippen LogP contribution in [0.25, 0.3) is 0 Å². The molecule has 0 bridgehead atoms. The van der Waals surface area contributed by atoms with Crippen molar-refractivity contribution in [2.75, 3.05) is 41.3 Å². The van der Waals surface area contributed by atoms with Crippen LogP contribution in [-0.4, -0.2) is 58.2 Å². The van der Waals surface area contributed by atoms with Gasteiger partial charge in [0.25, 0.3) is 0 Å². The molecule has 2 atom stereocenters. The number of guanidine groups is 1. The topological polar surface area (TPSA) is 48.9 Å². The van der Waals surface area contributed by atoms with Crippen molar-refractivity contribution in [2.24, 2.45) is 10.9 Å². The van der Waals surface area contributed by atoms with E-state index in [1.807, 2.05) is 19.2 Å². The van der Waals surface area contributed by atoms with Crippen molar-refractivity contribution in [1.82, 2.24) is 15.5 Å². The number of aliphatic imine (C=N–C) groups is 1. The Morgan fingerprint density at radius 3 is 2.44 bits per heavy atom. The van der Waals surface area contributed by atoms with Crippen molar-refractivity contribution in [3.8, 4) is 5.75 Å². The van der Waals surface area contributed by atoms with E-state index in [4.69, 9.17) is 4.74 Å². The average Bonchev–Trinajstić information content (AvgIpc) is 3.45. The summed E-state index contributed by atoms with van der Waals surface area (Å²) in [6.07, 6.45) is 3.78. The van der Waals surface area contributed by atoms with Gasteiger partial charge in [0, 0.05) is 26.2 Å². The van der Waals surface area contributed by atoms with E-state index in [1.54, 1.807) is 7.11 Å². The molecule has 0 aromatic heterocycles. The van der Waals surface area contributed by atoms with Gasteiger partial charge in [-0.1, -0.05) is 19.1 Å². The molecule has 2 N–H and O–H groups in total. The summed E-state index contributed by atoms with van der Waals surface area (Å²) in [5.41, 5.74) is 1.34. The first-order chi connectivity index (χ1) is 12.0. The van der Waals surface area contributed by atoms with Gasteiger partial charge in [-0.25, -0.2) is 0 Å². The second-order valence-electron chi connectivity index (χ2n) is 7.21. The van der Waals surface area contributed by atoms with Crippen molar-refractivity contribution in [1.29, 1.82) is 0 Å². The summed E-state index contributed by atoms with van der Waals surface area (Å²) in [6.45, 7) is 4.11. The number of hydrogen-bond acceptors (Lipinski definition) is 3. The van der Waals surface area contributed by atoms with E-state index < -0.39 is 0 Å². The second-order valence-corrected chi connectivity index (χ2v) is 7.21. The van der Waals surface area contributed by atoms with Crippen molar-refractivity contribution in [2.45, 2.75) is 38.1 Å². The Hall–Kier alpha value is -1.75. The normalized spacial score (nSPS) is 17.3. The Morgan fingerprint density at radius 2 is 1.92 bits per heavy atom. The first kappa shape index (κ1) is 19.6. The van der Waals surface area contributed by atoms with Crippen LogP contribution in [0.3, 0.4) is 0 Å². The molecule has 140 valence electrons. The summed E-state index contributed by atoms with van der Waals surface area (Å²) in [5, 5.41) is 6.92. The summed E-state index contributed by atoms with van der Waals surface area (Å²) in [6, 6.07) is 8.94. The van der Waals surface area contributed by atoms with Gasteiger partial charge < -0.3 is 20.3 Å². The zero-order chi connectivity index (χ0) is 18.2. The Bertz CT molecular complexity index is 535. The van der Waals surface area contributed by atoms with E-state index in [9.17, 15) is 0 Å². The number of methoxy groups -OCH3 is 1. The van der Waals surface area contributed by atoms with Crippen LogP contribution in [0.15, 0.2) is 29.3 Å². The Morgan fingerprint density at radius 1 is 1.24 bits per heavy atom. The van der Waals surface area contributed by atoms with Gasteiger partial charge in [-0.2, -0.15) is 0 Å². The van der Waals surface area contributed by atoms with Gasteiger partial charge in [0.1, 0.15) is 5.75 Å². The zero-order valence-corrected chi connectivity index (χ0v) is 16.4. The zero-order valence-electron chi connectivity index (χ0n) is 16.4. The molecule has 2 rings (SSSR count). The molecule has 5 nitrogen and oxygen atoms in total. The minimum Gasteiger partial charge on any atom is -0.497 e. The lowest BCUT2D eigenvalue weighted by atomic mass is 9.98. The lowest BCUT2D eigenvalue weighted by Crippen LogP contribution is -2.46. The number of ether oxygens (including phenoxy) is 1. The van der Waals surface area contributed by atoms with Gasteiger partial charge in [0.05, 0.1) is 7.11 Å². The fourth-order valence-corrected chi connectivity index (χ4v) is 3.18. The van der Waals surface area contributed by atoms with Crippen molar-refractivity contribution < 1.29 is 4.74 Å².